The summed E-state index contributed by atoms with van der Waals surface area (Å²) in [5.74, 6) is 0.178. The Hall–Kier alpha value is -0.920. The highest BCUT2D eigenvalue weighted by molar-refractivity contribution is 7.90. The van der Waals surface area contributed by atoms with Gasteiger partial charge in [0.25, 0.3) is 0 Å². The van der Waals surface area contributed by atoms with Crippen LogP contribution in [0.2, 0.25) is 5.15 Å². The second-order valence-electron chi connectivity index (χ2n) is 4.29. The van der Waals surface area contributed by atoms with E-state index in [-0.39, 0.29) is 17.0 Å². The molecule has 1 aliphatic rings. The lowest BCUT2D eigenvalue weighted by molar-refractivity contribution is 0.270. The van der Waals surface area contributed by atoms with Crippen LogP contribution in [0.25, 0.3) is 0 Å². The molecule has 2 heterocycles. The highest BCUT2D eigenvalue weighted by Gasteiger charge is 2.29. The van der Waals surface area contributed by atoms with E-state index in [1.807, 2.05) is 6.92 Å². The number of hydrogen-bond donors (Lipinski definition) is 1. The Balaban J connectivity index is 2.13. The minimum absolute atomic E-state index is 0.0107. The van der Waals surface area contributed by atoms with Crippen LogP contribution < -0.4 is 4.72 Å². The first kappa shape index (κ1) is 13.5. The van der Waals surface area contributed by atoms with Gasteiger partial charge in [-0.3, -0.25) is 4.72 Å². The summed E-state index contributed by atoms with van der Waals surface area (Å²) in [4.78, 5) is 7.66. The molecule has 0 bridgehead atoms. The summed E-state index contributed by atoms with van der Waals surface area (Å²) in [5, 5.41) is 0.226. The van der Waals surface area contributed by atoms with Crippen molar-refractivity contribution in [3.8, 4) is 0 Å². The van der Waals surface area contributed by atoms with E-state index in [1.54, 1.807) is 0 Å². The standard InChI is InChI=1S/C10H15ClN4O2S/c1-8-4-2-3-5-15(8)18(16,17)14-10-7-12-9(11)6-13-10/h6-8H,2-5H2,1H3,(H,13,14). The molecule has 1 unspecified atom stereocenters. The number of nitrogens with one attached hydrogen (secondary N) is 1. The summed E-state index contributed by atoms with van der Waals surface area (Å²) in [5.41, 5.74) is 0. The number of aromatic nitrogens is 2. The van der Waals surface area contributed by atoms with E-state index in [1.165, 1.54) is 16.7 Å². The topological polar surface area (TPSA) is 75.2 Å². The van der Waals surface area contributed by atoms with Gasteiger partial charge in [0.15, 0.2) is 5.82 Å². The van der Waals surface area contributed by atoms with Crippen LogP contribution in [0.1, 0.15) is 26.2 Å². The van der Waals surface area contributed by atoms with Gasteiger partial charge < -0.3 is 0 Å². The molecule has 0 aliphatic carbocycles. The predicted molar refractivity (Wildman–Crippen MR) is 69.6 cm³/mol. The van der Waals surface area contributed by atoms with Crippen LogP contribution in [0.15, 0.2) is 12.4 Å². The number of piperidine rings is 1. The van der Waals surface area contributed by atoms with Gasteiger partial charge in [-0.15, -0.1) is 0 Å². The average molecular weight is 291 g/mol. The van der Waals surface area contributed by atoms with Gasteiger partial charge in [-0.05, 0) is 19.8 Å². The van der Waals surface area contributed by atoms with Crippen LogP contribution in [-0.2, 0) is 10.2 Å². The van der Waals surface area contributed by atoms with Gasteiger partial charge >= 0.3 is 10.2 Å². The Kier molecular flexibility index (Phi) is 4.04. The fourth-order valence-electron chi connectivity index (χ4n) is 1.98. The molecular formula is C10H15ClN4O2S. The molecule has 1 atom stereocenters. The van der Waals surface area contributed by atoms with Crippen LogP contribution >= 0.6 is 11.6 Å². The molecule has 1 aromatic heterocycles. The highest BCUT2D eigenvalue weighted by atomic mass is 35.5. The number of rotatable bonds is 3. The lowest BCUT2D eigenvalue weighted by Gasteiger charge is -2.32. The molecule has 1 aromatic rings. The molecule has 6 nitrogen and oxygen atoms in total. The zero-order valence-electron chi connectivity index (χ0n) is 10.0. The molecule has 18 heavy (non-hydrogen) atoms. The fourth-order valence-corrected chi connectivity index (χ4v) is 3.52. The van der Waals surface area contributed by atoms with E-state index in [2.05, 4.69) is 14.7 Å². The summed E-state index contributed by atoms with van der Waals surface area (Å²) in [6.45, 7) is 2.45. The Bertz CT molecular complexity index is 505. The minimum Gasteiger partial charge on any atom is -0.253 e. The SMILES string of the molecule is CC1CCCCN1S(=O)(=O)Nc1cnc(Cl)cn1. The molecule has 1 aliphatic heterocycles. The zero-order chi connectivity index (χ0) is 13.2. The minimum atomic E-state index is -3.56. The van der Waals surface area contributed by atoms with Crippen molar-refractivity contribution in [3.05, 3.63) is 17.5 Å². The van der Waals surface area contributed by atoms with Crippen LogP contribution in [0, 0.1) is 0 Å². The number of hydrogen-bond acceptors (Lipinski definition) is 4. The predicted octanol–water partition coefficient (Wildman–Crippen LogP) is 1.66. The summed E-state index contributed by atoms with van der Waals surface area (Å²) in [7, 11) is -3.56. The van der Waals surface area contributed by atoms with Gasteiger partial charge in [-0.1, -0.05) is 18.0 Å². The molecule has 0 radical (unpaired) electrons. The molecule has 0 aromatic carbocycles. The number of anilines is 1. The largest absolute Gasteiger partial charge is 0.303 e. The molecule has 0 amide bonds. The smallest absolute Gasteiger partial charge is 0.253 e. The van der Waals surface area contributed by atoms with Crippen LogP contribution in [0.4, 0.5) is 5.82 Å². The Morgan fingerprint density at radius 3 is 2.78 bits per heavy atom. The Morgan fingerprint density at radius 1 is 1.39 bits per heavy atom. The van der Waals surface area contributed by atoms with Gasteiger partial charge in [0.2, 0.25) is 0 Å². The maximum absolute atomic E-state index is 12.2. The highest BCUT2D eigenvalue weighted by Crippen LogP contribution is 2.20. The van der Waals surface area contributed by atoms with Crippen molar-refractivity contribution in [2.75, 3.05) is 11.3 Å². The van der Waals surface area contributed by atoms with Crippen LogP contribution in [0.5, 0.6) is 0 Å². The summed E-state index contributed by atoms with van der Waals surface area (Å²) in [6, 6.07) is 0.0107. The zero-order valence-corrected chi connectivity index (χ0v) is 11.6. The summed E-state index contributed by atoms with van der Waals surface area (Å²) in [6.07, 6.45) is 5.44. The van der Waals surface area contributed by atoms with E-state index in [4.69, 9.17) is 11.6 Å². The van der Waals surface area contributed by atoms with Crippen LogP contribution in [-0.4, -0.2) is 35.3 Å². The van der Waals surface area contributed by atoms with Gasteiger partial charge in [0.05, 0.1) is 12.4 Å². The molecule has 8 heteroatoms. The molecule has 2 rings (SSSR count). The second-order valence-corrected chi connectivity index (χ2v) is 6.30. The van der Waals surface area contributed by atoms with Crippen molar-refractivity contribution in [2.45, 2.75) is 32.2 Å². The molecular weight excluding hydrogens is 276 g/mol. The third kappa shape index (κ3) is 3.09. The first-order chi connectivity index (χ1) is 8.49. The van der Waals surface area contributed by atoms with Gasteiger partial charge in [-0.2, -0.15) is 12.7 Å². The van der Waals surface area contributed by atoms with E-state index >= 15 is 0 Å². The fraction of sp³-hybridized carbons (Fsp3) is 0.600. The first-order valence-electron chi connectivity index (χ1n) is 5.76. The third-order valence-corrected chi connectivity index (χ3v) is 4.73. The summed E-state index contributed by atoms with van der Waals surface area (Å²) < 4.78 is 28.2. The molecule has 0 spiro atoms. The van der Waals surface area contributed by atoms with Gasteiger partial charge in [0, 0.05) is 12.6 Å². The number of halogens is 1. The maximum atomic E-state index is 12.2. The van der Waals surface area contributed by atoms with Crippen LogP contribution in [0.3, 0.4) is 0 Å². The normalized spacial score (nSPS) is 21.8. The molecule has 1 fully saturated rings. The quantitative estimate of drug-likeness (QED) is 0.919. The van der Waals surface area contributed by atoms with Crippen molar-refractivity contribution >= 4 is 27.6 Å². The van der Waals surface area contributed by atoms with Crippen molar-refractivity contribution in [2.24, 2.45) is 0 Å². The van der Waals surface area contributed by atoms with Gasteiger partial charge in [0.1, 0.15) is 5.15 Å². The van der Waals surface area contributed by atoms with Crippen molar-refractivity contribution in [1.82, 2.24) is 14.3 Å². The average Bonchev–Trinajstić information content (AvgIpc) is 2.32. The lowest BCUT2D eigenvalue weighted by Crippen LogP contribution is -2.44. The lowest BCUT2D eigenvalue weighted by atomic mass is 10.1. The van der Waals surface area contributed by atoms with E-state index in [0.29, 0.717) is 6.54 Å². The Morgan fingerprint density at radius 2 is 2.17 bits per heavy atom. The van der Waals surface area contributed by atoms with Crippen molar-refractivity contribution in [1.29, 1.82) is 0 Å². The second kappa shape index (κ2) is 5.38. The monoisotopic (exact) mass is 290 g/mol. The Labute approximate surface area is 112 Å². The number of nitrogens with zero attached hydrogens (tertiary/aromatic N) is 3. The van der Waals surface area contributed by atoms with Crippen molar-refractivity contribution in [3.63, 3.8) is 0 Å². The first-order valence-corrected chi connectivity index (χ1v) is 7.58. The summed E-state index contributed by atoms with van der Waals surface area (Å²) >= 11 is 5.59. The molecule has 100 valence electrons. The van der Waals surface area contributed by atoms with E-state index in [0.717, 1.165) is 19.3 Å². The maximum Gasteiger partial charge on any atom is 0.303 e. The van der Waals surface area contributed by atoms with E-state index in [9.17, 15) is 8.42 Å². The molecule has 0 saturated carbocycles. The molecule has 1 N–H and O–H groups in total. The van der Waals surface area contributed by atoms with E-state index < -0.39 is 10.2 Å². The van der Waals surface area contributed by atoms with Crippen molar-refractivity contribution < 1.29 is 8.42 Å². The third-order valence-electron chi connectivity index (χ3n) is 2.90. The van der Waals surface area contributed by atoms with Gasteiger partial charge in [-0.25, -0.2) is 9.97 Å². The molecule has 1 saturated heterocycles.